The molecule has 0 bridgehead atoms. The highest BCUT2D eigenvalue weighted by Gasteiger charge is 2.09. The summed E-state index contributed by atoms with van der Waals surface area (Å²) in [7, 11) is 0. The summed E-state index contributed by atoms with van der Waals surface area (Å²) in [6.45, 7) is 9.21. The van der Waals surface area contributed by atoms with Gasteiger partial charge in [-0.05, 0) is 31.9 Å². The van der Waals surface area contributed by atoms with Crippen molar-refractivity contribution in [2.75, 3.05) is 6.54 Å². The predicted molar refractivity (Wildman–Crippen MR) is 90.8 cm³/mol. The van der Waals surface area contributed by atoms with Crippen molar-refractivity contribution in [2.24, 2.45) is 0 Å². The highest BCUT2D eigenvalue weighted by atomic mass is 16.1. The second kappa shape index (κ2) is 7.78. The summed E-state index contributed by atoms with van der Waals surface area (Å²) < 4.78 is 2.27. The van der Waals surface area contributed by atoms with E-state index >= 15 is 0 Å². The molecule has 0 atom stereocenters. The molecule has 2 rings (SSSR count). The number of hydrogen-bond donors (Lipinski definition) is 1. The Morgan fingerprint density at radius 3 is 2.73 bits per heavy atom. The van der Waals surface area contributed by atoms with Crippen LogP contribution in [0.2, 0.25) is 0 Å². The molecular formula is C18H25N3O. The van der Waals surface area contributed by atoms with Crippen LogP contribution in [0.1, 0.15) is 38.9 Å². The van der Waals surface area contributed by atoms with E-state index in [0.29, 0.717) is 0 Å². The average molecular weight is 299 g/mol. The van der Waals surface area contributed by atoms with Crippen molar-refractivity contribution < 1.29 is 4.79 Å². The van der Waals surface area contributed by atoms with Gasteiger partial charge in [-0.1, -0.05) is 30.7 Å². The number of carbonyl (C=O) groups is 1. The number of amides is 1. The molecule has 1 amide bonds. The molecule has 1 aromatic carbocycles. The van der Waals surface area contributed by atoms with Gasteiger partial charge in [-0.15, -0.1) is 0 Å². The zero-order valence-corrected chi connectivity index (χ0v) is 13.6. The molecule has 0 spiro atoms. The van der Waals surface area contributed by atoms with Crippen LogP contribution >= 0.6 is 0 Å². The lowest BCUT2D eigenvalue weighted by Crippen LogP contribution is -2.20. The van der Waals surface area contributed by atoms with E-state index < -0.39 is 0 Å². The van der Waals surface area contributed by atoms with Crippen LogP contribution in [0.3, 0.4) is 0 Å². The van der Waals surface area contributed by atoms with Gasteiger partial charge in [0, 0.05) is 26.4 Å². The lowest BCUT2D eigenvalue weighted by molar-refractivity contribution is -0.118. The van der Waals surface area contributed by atoms with E-state index in [-0.39, 0.29) is 5.91 Å². The van der Waals surface area contributed by atoms with E-state index in [2.05, 4.69) is 34.7 Å². The number of fused-ring (bicyclic) bond motifs is 1. The number of nitrogens with zero attached hydrogens (tertiary/aromatic N) is 2. The molecule has 0 aliphatic carbocycles. The van der Waals surface area contributed by atoms with Crippen molar-refractivity contribution in [1.82, 2.24) is 14.9 Å². The molecule has 0 saturated carbocycles. The number of imidazole rings is 1. The van der Waals surface area contributed by atoms with Crippen molar-refractivity contribution in [1.29, 1.82) is 0 Å². The highest BCUT2D eigenvalue weighted by Crippen LogP contribution is 2.19. The molecule has 1 aromatic heterocycles. The summed E-state index contributed by atoms with van der Waals surface area (Å²) in [6.07, 6.45) is 4.15. The van der Waals surface area contributed by atoms with E-state index in [1.807, 2.05) is 13.0 Å². The number of unbranched alkanes of at least 4 members (excludes halogenated alkanes) is 2. The van der Waals surface area contributed by atoms with Gasteiger partial charge in [-0.2, -0.15) is 0 Å². The van der Waals surface area contributed by atoms with Crippen LogP contribution in [0.25, 0.3) is 11.0 Å². The molecule has 0 aliphatic heterocycles. The van der Waals surface area contributed by atoms with Gasteiger partial charge >= 0.3 is 0 Å². The summed E-state index contributed by atoms with van der Waals surface area (Å²) in [5, 5.41) is 2.83. The predicted octanol–water partition coefficient (Wildman–Crippen LogP) is 3.46. The maximum Gasteiger partial charge on any atom is 0.216 e. The lowest BCUT2D eigenvalue weighted by Gasteiger charge is -2.09. The van der Waals surface area contributed by atoms with Crippen molar-refractivity contribution in [3.8, 4) is 0 Å². The molecule has 2 aromatic rings. The van der Waals surface area contributed by atoms with E-state index in [1.165, 1.54) is 5.52 Å². The number of nitrogens with one attached hydrogen (secondary N) is 1. The third-order valence-electron chi connectivity index (χ3n) is 3.61. The second-order valence-corrected chi connectivity index (χ2v) is 5.85. The van der Waals surface area contributed by atoms with Crippen LogP contribution in [-0.4, -0.2) is 22.0 Å². The third-order valence-corrected chi connectivity index (χ3v) is 3.61. The Balaban J connectivity index is 1.97. The van der Waals surface area contributed by atoms with Crippen LogP contribution in [0, 0.1) is 0 Å². The van der Waals surface area contributed by atoms with Crippen molar-refractivity contribution in [3.05, 3.63) is 42.2 Å². The lowest BCUT2D eigenvalue weighted by atomic mass is 10.2. The van der Waals surface area contributed by atoms with Crippen molar-refractivity contribution in [2.45, 2.75) is 46.1 Å². The molecule has 0 radical (unpaired) electrons. The number of para-hydroxylation sites is 2. The van der Waals surface area contributed by atoms with Crippen LogP contribution < -0.4 is 5.32 Å². The standard InChI is InChI=1S/C18H25N3O/c1-14(2)13-21-17-10-7-6-9-16(17)20-18(21)11-5-4-8-12-19-15(3)22/h6-7,9-10H,1,4-5,8,11-13H2,2-3H3,(H,19,22). The first kappa shape index (κ1) is 16.3. The van der Waals surface area contributed by atoms with Crippen LogP contribution in [0.5, 0.6) is 0 Å². The van der Waals surface area contributed by atoms with Gasteiger partial charge in [0.2, 0.25) is 5.91 Å². The summed E-state index contributed by atoms with van der Waals surface area (Å²) in [5.74, 6) is 1.17. The first-order valence-corrected chi connectivity index (χ1v) is 7.91. The van der Waals surface area contributed by atoms with Gasteiger partial charge in [0.15, 0.2) is 0 Å². The van der Waals surface area contributed by atoms with Gasteiger partial charge in [-0.25, -0.2) is 4.98 Å². The molecular weight excluding hydrogens is 274 g/mol. The Morgan fingerprint density at radius 1 is 1.23 bits per heavy atom. The first-order valence-electron chi connectivity index (χ1n) is 7.91. The number of aryl methyl sites for hydroxylation is 1. The molecule has 118 valence electrons. The highest BCUT2D eigenvalue weighted by molar-refractivity contribution is 5.76. The zero-order valence-electron chi connectivity index (χ0n) is 13.6. The van der Waals surface area contributed by atoms with Gasteiger partial charge in [0.25, 0.3) is 0 Å². The minimum absolute atomic E-state index is 0.0447. The van der Waals surface area contributed by atoms with Crippen LogP contribution in [-0.2, 0) is 17.8 Å². The summed E-state index contributed by atoms with van der Waals surface area (Å²) >= 11 is 0. The fourth-order valence-corrected chi connectivity index (χ4v) is 2.61. The number of benzene rings is 1. The van der Waals surface area contributed by atoms with Gasteiger partial charge < -0.3 is 9.88 Å². The Labute approximate surface area is 132 Å². The van der Waals surface area contributed by atoms with Gasteiger partial charge in [-0.3, -0.25) is 4.79 Å². The maximum atomic E-state index is 10.8. The fourth-order valence-electron chi connectivity index (χ4n) is 2.61. The minimum atomic E-state index is 0.0447. The fraction of sp³-hybridized carbons (Fsp3) is 0.444. The topological polar surface area (TPSA) is 46.9 Å². The van der Waals surface area contributed by atoms with Gasteiger partial charge in [0.05, 0.1) is 11.0 Å². The zero-order chi connectivity index (χ0) is 15.9. The Hall–Kier alpha value is -2.10. The summed E-state index contributed by atoms with van der Waals surface area (Å²) in [5.41, 5.74) is 3.37. The third kappa shape index (κ3) is 4.45. The summed E-state index contributed by atoms with van der Waals surface area (Å²) in [4.78, 5) is 15.6. The normalized spacial score (nSPS) is 10.8. The van der Waals surface area contributed by atoms with E-state index in [9.17, 15) is 4.79 Å². The van der Waals surface area contributed by atoms with Crippen molar-refractivity contribution >= 4 is 16.9 Å². The SMILES string of the molecule is C=C(C)Cn1c(CCCCCNC(C)=O)nc2ccccc21. The number of carbonyl (C=O) groups excluding carboxylic acids is 1. The molecule has 1 N–H and O–H groups in total. The van der Waals surface area contributed by atoms with Crippen molar-refractivity contribution in [3.63, 3.8) is 0 Å². The first-order chi connectivity index (χ1) is 10.6. The number of allylic oxidation sites excluding steroid dienone is 1. The van der Waals surface area contributed by atoms with Crippen LogP contribution in [0.15, 0.2) is 36.4 Å². The van der Waals surface area contributed by atoms with Crippen LogP contribution in [0.4, 0.5) is 0 Å². The van der Waals surface area contributed by atoms with E-state index in [1.54, 1.807) is 6.92 Å². The summed E-state index contributed by atoms with van der Waals surface area (Å²) in [6, 6.07) is 8.25. The minimum Gasteiger partial charge on any atom is -0.356 e. The molecule has 0 fully saturated rings. The number of hydrogen-bond acceptors (Lipinski definition) is 2. The molecule has 4 nitrogen and oxygen atoms in total. The second-order valence-electron chi connectivity index (χ2n) is 5.85. The smallest absolute Gasteiger partial charge is 0.216 e. The quantitative estimate of drug-likeness (QED) is 0.599. The Bertz CT molecular complexity index is 657. The van der Waals surface area contributed by atoms with Gasteiger partial charge in [0.1, 0.15) is 5.82 Å². The molecule has 0 unspecified atom stereocenters. The number of aromatic nitrogens is 2. The molecule has 22 heavy (non-hydrogen) atoms. The largest absolute Gasteiger partial charge is 0.356 e. The molecule has 1 heterocycles. The Morgan fingerprint density at radius 2 is 2.00 bits per heavy atom. The molecule has 0 saturated heterocycles. The van der Waals surface area contributed by atoms with E-state index in [4.69, 9.17) is 4.98 Å². The Kier molecular flexibility index (Phi) is 5.75. The maximum absolute atomic E-state index is 10.8. The molecule has 0 aliphatic rings. The average Bonchev–Trinajstić information content (AvgIpc) is 2.80. The molecule has 4 heteroatoms. The van der Waals surface area contributed by atoms with E-state index in [0.717, 1.165) is 55.7 Å². The monoisotopic (exact) mass is 299 g/mol. The number of rotatable bonds is 8.